The Morgan fingerprint density at radius 2 is 1.70 bits per heavy atom. The van der Waals surface area contributed by atoms with Crippen LogP contribution in [0.15, 0.2) is 40.5 Å². The zero-order valence-corrected chi connectivity index (χ0v) is 12.6. The second-order valence-corrected chi connectivity index (χ2v) is 5.83. The van der Waals surface area contributed by atoms with E-state index in [0.29, 0.717) is 18.4 Å². The van der Waals surface area contributed by atoms with E-state index in [0.717, 1.165) is 10.0 Å². The molecule has 0 N–H and O–H groups in total. The van der Waals surface area contributed by atoms with Crippen molar-refractivity contribution < 1.29 is 9.59 Å². The Hall–Kier alpha value is -1.42. The molecule has 0 radical (unpaired) electrons. The van der Waals surface area contributed by atoms with E-state index in [4.69, 9.17) is 0 Å². The molecule has 0 bridgehead atoms. The first-order chi connectivity index (χ1) is 8.99. The minimum absolute atomic E-state index is 0. The van der Waals surface area contributed by atoms with E-state index >= 15 is 0 Å². The molecule has 108 valence electrons. The Kier molecular flexibility index (Phi) is 5.69. The standard InChI is InChI=1S/C15H16BrNO2.CH4/c1-17(2)9-12-14(18)7-10(8-15(12)19)11-5-3-4-6-13(11)16;/h3-6,9-10H,7-8H2,1-2H3;1H4. The summed E-state index contributed by atoms with van der Waals surface area (Å²) in [6.45, 7) is 0. The van der Waals surface area contributed by atoms with E-state index in [1.807, 2.05) is 38.4 Å². The second kappa shape index (κ2) is 6.84. The molecule has 0 unspecified atom stereocenters. The third-order valence-corrected chi connectivity index (χ3v) is 3.92. The van der Waals surface area contributed by atoms with Crippen LogP contribution in [0.4, 0.5) is 0 Å². The third-order valence-electron chi connectivity index (χ3n) is 3.20. The van der Waals surface area contributed by atoms with Gasteiger partial charge in [-0.05, 0) is 17.5 Å². The van der Waals surface area contributed by atoms with Crippen molar-refractivity contribution in [2.24, 2.45) is 0 Å². The number of hydrogen-bond acceptors (Lipinski definition) is 3. The molecule has 0 aromatic heterocycles. The minimum atomic E-state index is -0.0642. The van der Waals surface area contributed by atoms with E-state index in [-0.39, 0.29) is 24.9 Å². The number of carbonyl (C=O) groups is 2. The van der Waals surface area contributed by atoms with Crippen molar-refractivity contribution in [3.63, 3.8) is 0 Å². The summed E-state index contributed by atoms with van der Waals surface area (Å²) in [6.07, 6.45) is 2.42. The largest absolute Gasteiger partial charge is 0.383 e. The third kappa shape index (κ3) is 3.57. The molecule has 1 aromatic carbocycles. The molecule has 1 saturated carbocycles. The fourth-order valence-electron chi connectivity index (χ4n) is 2.32. The maximum Gasteiger partial charge on any atom is 0.168 e. The van der Waals surface area contributed by atoms with E-state index < -0.39 is 0 Å². The van der Waals surface area contributed by atoms with Crippen LogP contribution >= 0.6 is 15.9 Å². The smallest absolute Gasteiger partial charge is 0.168 e. The van der Waals surface area contributed by atoms with Gasteiger partial charge in [-0.1, -0.05) is 41.6 Å². The number of Topliss-reactive ketones (excluding diaryl/α,β-unsaturated/α-hetero) is 2. The second-order valence-electron chi connectivity index (χ2n) is 4.98. The number of nitrogens with zero attached hydrogens (tertiary/aromatic N) is 1. The summed E-state index contributed by atoms with van der Waals surface area (Å²) in [5.41, 5.74) is 1.36. The summed E-state index contributed by atoms with van der Waals surface area (Å²) in [5.74, 6) is -0.147. The van der Waals surface area contributed by atoms with Gasteiger partial charge in [0.2, 0.25) is 0 Å². The van der Waals surface area contributed by atoms with Crippen LogP contribution in [0, 0.1) is 0 Å². The molecule has 20 heavy (non-hydrogen) atoms. The monoisotopic (exact) mass is 337 g/mol. The first-order valence-corrected chi connectivity index (χ1v) is 6.97. The van der Waals surface area contributed by atoms with Crippen LogP contribution in [0.5, 0.6) is 0 Å². The van der Waals surface area contributed by atoms with Crippen LogP contribution in [-0.4, -0.2) is 30.6 Å². The van der Waals surface area contributed by atoms with E-state index in [1.165, 1.54) is 0 Å². The number of rotatable bonds is 2. The Bertz CT molecular complexity index is 529. The molecule has 3 nitrogen and oxygen atoms in total. The summed E-state index contributed by atoms with van der Waals surface area (Å²) < 4.78 is 0.959. The van der Waals surface area contributed by atoms with Crippen molar-refractivity contribution in [3.05, 3.63) is 46.1 Å². The van der Waals surface area contributed by atoms with Gasteiger partial charge in [0.1, 0.15) is 0 Å². The minimum Gasteiger partial charge on any atom is -0.383 e. The lowest BCUT2D eigenvalue weighted by Crippen LogP contribution is -2.26. The Labute approximate surface area is 128 Å². The van der Waals surface area contributed by atoms with Crippen LogP contribution in [-0.2, 0) is 9.59 Å². The summed E-state index contributed by atoms with van der Waals surface area (Å²) in [7, 11) is 3.63. The maximum atomic E-state index is 12.1. The number of carbonyl (C=O) groups excluding carboxylic acids is 2. The lowest BCUT2D eigenvalue weighted by atomic mass is 9.80. The fraction of sp³-hybridized carbons (Fsp3) is 0.375. The lowest BCUT2D eigenvalue weighted by Gasteiger charge is -2.24. The maximum absolute atomic E-state index is 12.1. The summed E-state index contributed by atoms with van der Waals surface area (Å²) in [4.78, 5) is 25.9. The molecule has 2 rings (SSSR count). The fourth-order valence-corrected chi connectivity index (χ4v) is 2.93. The van der Waals surface area contributed by atoms with Gasteiger partial charge >= 0.3 is 0 Å². The molecule has 4 heteroatoms. The van der Waals surface area contributed by atoms with Crippen molar-refractivity contribution in [2.75, 3.05) is 14.1 Å². The van der Waals surface area contributed by atoms with Gasteiger partial charge < -0.3 is 4.90 Å². The Morgan fingerprint density at radius 1 is 1.15 bits per heavy atom. The predicted octanol–water partition coefficient (Wildman–Crippen LogP) is 3.55. The van der Waals surface area contributed by atoms with Crippen LogP contribution in [0.3, 0.4) is 0 Å². The van der Waals surface area contributed by atoms with E-state index in [2.05, 4.69) is 15.9 Å². The number of hydrogen-bond donors (Lipinski definition) is 0. The van der Waals surface area contributed by atoms with Crippen molar-refractivity contribution in [3.8, 4) is 0 Å². The molecule has 0 saturated heterocycles. The topological polar surface area (TPSA) is 37.4 Å². The summed E-state index contributed by atoms with van der Waals surface area (Å²) in [6, 6.07) is 7.77. The Morgan fingerprint density at radius 3 is 2.20 bits per heavy atom. The molecule has 0 aliphatic heterocycles. The molecule has 0 heterocycles. The van der Waals surface area contributed by atoms with Gasteiger partial charge in [0.15, 0.2) is 11.6 Å². The van der Waals surface area contributed by atoms with Crippen molar-refractivity contribution in [1.29, 1.82) is 0 Å². The zero-order valence-electron chi connectivity index (χ0n) is 11.0. The Balaban J connectivity index is 0.00000200. The number of ketones is 2. The summed E-state index contributed by atoms with van der Waals surface area (Å²) >= 11 is 3.48. The molecular weight excluding hydrogens is 318 g/mol. The molecule has 1 aliphatic rings. The molecule has 1 aromatic rings. The van der Waals surface area contributed by atoms with Crippen LogP contribution in [0.2, 0.25) is 0 Å². The number of halogens is 1. The van der Waals surface area contributed by atoms with Gasteiger partial charge in [0.05, 0.1) is 5.57 Å². The highest BCUT2D eigenvalue weighted by Gasteiger charge is 2.32. The first-order valence-electron chi connectivity index (χ1n) is 6.18. The molecule has 0 atom stereocenters. The number of benzene rings is 1. The molecule has 1 aliphatic carbocycles. The van der Waals surface area contributed by atoms with Crippen molar-refractivity contribution in [2.45, 2.75) is 26.2 Å². The van der Waals surface area contributed by atoms with E-state index in [9.17, 15) is 9.59 Å². The number of allylic oxidation sites excluding steroid dienone is 1. The average Bonchev–Trinajstić information content (AvgIpc) is 2.34. The van der Waals surface area contributed by atoms with E-state index in [1.54, 1.807) is 11.1 Å². The van der Waals surface area contributed by atoms with Gasteiger partial charge in [0.25, 0.3) is 0 Å². The van der Waals surface area contributed by atoms with Gasteiger partial charge in [-0.2, -0.15) is 0 Å². The molecular formula is C16H20BrNO2. The average molecular weight is 338 g/mol. The quantitative estimate of drug-likeness (QED) is 0.611. The highest BCUT2D eigenvalue weighted by atomic mass is 79.9. The normalized spacial score (nSPS) is 18.6. The molecule has 0 spiro atoms. The summed E-state index contributed by atoms with van der Waals surface area (Å²) in [5, 5.41) is 0. The van der Waals surface area contributed by atoms with Crippen molar-refractivity contribution in [1.82, 2.24) is 4.90 Å². The molecule has 1 fully saturated rings. The van der Waals surface area contributed by atoms with Crippen LogP contribution in [0.25, 0.3) is 0 Å². The SMILES string of the molecule is C.CN(C)C=C1C(=O)CC(c2ccccc2Br)CC1=O. The van der Waals surface area contributed by atoms with Crippen molar-refractivity contribution >= 4 is 27.5 Å². The van der Waals surface area contributed by atoms with Crippen LogP contribution < -0.4 is 0 Å². The first kappa shape index (κ1) is 16.6. The van der Waals surface area contributed by atoms with Gasteiger partial charge in [-0.25, -0.2) is 0 Å². The highest BCUT2D eigenvalue weighted by molar-refractivity contribution is 9.10. The highest BCUT2D eigenvalue weighted by Crippen LogP contribution is 2.35. The van der Waals surface area contributed by atoms with Gasteiger partial charge in [-0.15, -0.1) is 0 Å². The van der Waals surface area contributed by atoms with Gasteiger partial charge in [-0.3, -0.25) is 9.59 Å². The van der Waals surface area contributed by atoms with Crippen LogP contribution in [0.1, 0.15) is 31.7 Å². The zero-order chi connectivity index (χ0) is 14.0. The predicted molar refractivity (Wildman–Crippen MR) is 84.6 cm³/mol. The lowest BCUT2D eigenvalue weighted by molar-refractivity contribution is -0.124. The van der Waals surface area contributed by atoms with Gasteiger partial charge in [0, 0.05) is 37.6 Å². The molecule has 0 amide bonds.